The van der Waals surface area contributed by atoms with Crippen molar-refractivity contribution < 1.29 is 10.0 Å². The summed E-state index contributed by atoms with van der Waals surface area (Å²) in [6.45, 7) is 3.74. The van der Waals surface area contributed by atoms with Gasteiger partial charge in [0.2, 0.25) is 0 Å². The average Bonchev–Trinajstić information content (AvgIpc) is 2.57. The molecule has 3 rings (SSSR count). The van der Waals surface area contributed by atoms with Gasteiger partial charge in [0.05, 0.1) is 4.92 Å². The second-order valence-corrected chi connectivity index (χ2v) is 5.27. The van der Waals surface area contributed by atoms with Crippen molar-refractivity contribution in [3.05, 3.63) is 82.9 Å². The number of nitrogens with zero attached hydrogens (tertiary/aromatic N) is 1. The van der Waals surface area contributed by atoms with Gasteiger partial charge in [-0.15, -0.1) is 6.58 Å². The molecule has 0 atom stereocenters. The first kappa shape index (κ1) is 14.8. The smallest absolute Gasteiger partial charge is 0.270 e. The molecule has 0 saturated heterocycles. The molecule has 0 saturated carbocycles. The molecule has 0 unspecified atom stereocenters. The van der Waals surface area contributed by atoms with Crippen LogP contribution in [0.15, 0.2) is 67.3 Å². The van der Waals surface area contributed by atoms with Crippen LogP contribution in [0.25, 0.3) is 21.9 Å². The molecule has 0 bridgehead atoms. The fourth-order valence-electron chi connectivity index (χ4n) is 2.75. The zero-order valence-corrected chi connectivity index (χ0v) is 12.4. The van der Waals surface area contributed by atoms with Crippen molar-refractivity contribution in [2.24, 2.45) is 0 Å². The first-order valence-corrected chi connectivity index (χ1v) is 7.21. The molecule has 0 radical (unpaired) electrons. The maximum atomic E-state index is 11.0. The highest BCUT2D eigenvalue weighted by Crippen LogP contribution is 2.38. The van der Waals surface area contributed by atoms with Crippen LogP contribution in [0, 0.1) is 10.1 Å². The van der Waals surface area contributed by atoms with Crippen LogP contribution in [0.1, 0.15) is 5.56 Å². The van der Waals surface area contributed by atoms with Crippen molar-refractivity contribution in [2.75, 3.05) is 0 Å². The van der Waals surface area contributed by atoms with E-state index in [-0.39, 0.29) is 11.4 Å². The zero-order chi connectivity index (χ0) is 16.4. The molecule has 114 valence electrons. The monoisotopic (exact) mass is 305 g/mol. The fourth-order valence-corrected chi connectivity index (χ4v) is 2.75. The molecular weight excluding hydrogens is 290 g/mol. The standard InChI is InChI=1S/C19H15NO3/c1-2-6-16-17(13-7-4-3-5-8-13)11-14-9-10-15(20(22)23)12-18(14)19(16)21/h2-5,7-12,21H,1,6H2. The number of allylic oxidation sites excluding steroid dienone is 1. The molecule has 4 nitrogen and oxygen atoms in total. The van der Waals surface area contributed by atoms with E-state index in [1.807, 2.05) is 36.4 Å². The fraction of sp³-hybridized carbons (Fsp3) is 0.0526. The van der Waals surface area contributed by atoms with Gasteiger partial charge in [0, 0.05) is 23.1 Å². The van der Waals surface area contributed by atoms with Crippen molar-refractivity contribution >= 4 is 16.5 Å². The summed E-state index contributed by atoms with van der Waals surface area (Å²) < 4.78 is 0. The van der Waals surface area contributed by atoms with E-state index < -0.39 is 4.92 Å². The second kappa shape index (κ2) is 5.93. The lowest BCUT2D eigenvalue weighted by atomic mass is 9.92. The van der Waals surface area contributed by atoms with Gasteiger partial charge in [-0.05, 0) is 35.1 Å². The predicted octanol–water partition coefficient (Wildman–Crippen LogP) is 4.85. The Bertz CT molecular complexity index is 901. The van der Waals surface area contributed by atoms with E-state index in [9.17, 15) is 15.2 Å². The highest BCUT2D eigenvalue weighted by atomic mass is 16.6. The minimum absolute atomic E-state index is 0.0372. The number of phenolic OH excluding ortho intramolecular Hbond substituents is 1. The minimum atomic E-state index is -0.461. The summed E-state index contributed by atoms with van der Waals surface area (Å²) in [5.74, 6) is 0.0740. The first-order chi connectivity index (χ1) is 11.1. The van der Waals surface area contributed by atoms with E-state index in [0.29, 0.717) is 11.8 Å². The van der Waals surface area contributed by atoms with Crippen LogP contribution in [0.2, 0.25) is 0 Å². The van der Waals surface area contributed by atoms with Crippen LogP contribution >= 0.6 is 0 Å². The van der Waals surface area contributed by atoms with Crippen molar-refractivity contribution in [1.82, 2.24) is 0 Å². The summed E-state index contributed by atoms with van der Waals surface area (Å²) >= 11 is 0. The highest BCUT2D eigenvalue weighted by Gasteiger charge is 2.16. The van der Waals surface area contributed by atoms with E-state index in [2.05, 4.69) is 6.58 Å². The van der Waals surface area contributed by atoms with Crippen LogP contribution in [-0.4, -0.2) is 10.0 Å². The first-order valence-electron chi connectivity index (χ1n) is 7.21. The Morgan fingerprint density at radius 1 is 1.13 bits per heavy atom. The van der Waals surface area contributed by atoms with Crippen molar-refractivity contribution in [3.63, 3.8) is 0 Å². The normalized spacial score (nSPS) is 10.6. The van der Waals surface area contributed by atoms with Crippen molar-refractivity contribution in [1.29, 1.82) is 0 Å². The Hall–Kier alpha value is -3.14. The Morgan fingerprint density at radius 2 is 1.87 bits per heavy atom. The second-order valence-electron chi connectivity index (χ2n) is 5.27. The number of non-ortho nitro benzene ring substituents is 1. The molecular formula is C19H15NO3. The van der Waals surface area contributed by atoms with E-state index >= 15 is 0 Å². The molecule has 0 aliphatic rings. The van der Waals surface area contributed by atoms with Crippen molar-refractivity contribution in [3.8, 4) is 16.9 Å². The summed E-state index contributed by atoms with van der Waals surface area (Å²) in [6, 6.07) is 16.2. The average molecular weight is 305 g/mol. The van der Waals surface area contributed by atoms with Gasteiger partial charge in [-0.1, -0.05) is 36.4 Å². The summed E-state index contributed by atoms with van der Waals surface area (Å²) in [7, 11) is 0. The molecule has 0 aromatic heterocycles. The number of hydrogen-bond acceptors (Lipinski definition) is 3. The number of phenols is 1. The molecule has 0 amide bonds. The van der Waals surface area contributed by atoms with Crippen LogP contribution in [0.4, 0.5) is 5.69 Å². The van der Waals surface area contributed by atoms with E-state index in [0.717, 1.165) is 22.1 Å². The molecule has 4 heteroatoms. The lowest BCUT2D eigenvalue weighted by Gasteiger charge is -2.13. The highest BCUT2D eigenvalue weighted by molar-refractivity contribution is 5.96. The van der Waals surface area contributed by atoms with Gasteiger partial charge in [0.1, 0.15) is 5.75 Å². The van der Waals surface area contributed by atoms with Gasteiger partial charge in [-0.25, -0.2) is 0 Å². The minimum Gasteiger partial charge on any atom is -0.507 e. The lowest BCUT2D eigenvalue weighted by Crippen LogP contribution is -1.93. The molecule has 0 aliphatic heterocycles. The third-order valence-corrected chi connectivity index (χ3v) is 3.85. The van der Waals surface area contributed by atoms with Crippen LogP contribution in [0.3, 0.4) is 0 Å². The van der Waals surface area contributed by atoms with Crippen LogP contribution in [-0.2, 0) is 6.42 Å². The zero-order valence-electron chi connectivity index (χ0n) is 12.4. The Balaban J connectivity index is 2.33. The Labute approximate surface area is 133 Å². The topological polar surface area (TPSA) is 63.4 Å². The molecule has 1 N–H and O–H groups in total. The molecule has 0 spiro atoms. The molecule has 3 aromatic rings. The number of fused-ring (bicyclic) bond motifs is 1. The lowest BCUT2D eigenvalue weighted by molar-refractivity contribution is -0.384. The van der Waals surface area contributed by atoms with Crippen LogP contribution in [0.5, 0.6) is 5.75 Å². The van der Waals surface area contributed by atoms with Gasteiger partial charge in [-0.2, -0.15) is 0 Å². The molecule has 3 aromatic carbocycles. The van der Waals surface area contributed by atoms with Crippen LogP contribution < -0.4 is 0 Å². The summed E-state index contributed by atoms with van der Waals surface area (Å²) in [5, 5.41) is 22.9. The van der Waals surface area contributed by atoms with E-state index in [1.165, 1.54) is 12.1 Å². The summed E-state index contributed by atoms with van der Waals surface area (Å²) in [4.78, 5) is 10.5. The summed E-state index contributed by atoms with van der Waals surface area (Å²) in [5.41, 5.74) is 2.58. The van der Waals surface area contributed by atoms with Gasteiger partial charge in [0.25, 0.3) is 5.69 Å². The van der Waals surface area contributed by atoms with Gasteiger partial charge >= 0.3 is 0 Å². The number of rotatable bonds is 4. The van der Waals surface area contributed by atoms with E-state index in [1.54, 1.807) is 12.1 Å². The number of aromatic hydroxyl groups is 1. The molecule has 0 heterocycles. The summed E-state index contributed by atoms with van der Waals surface area (Å²) in [6.07, 6.45) is 2.19. The molecule has 0 fully saturated rings. The number of nitro benzene ring substituents is 1. The maximum absolute atomic E-state index is 11.0. The van der Waals surface area contributed by atoms with Gasteiger partial charge < -0.3 is 5.11 Å². The largest absolute Gasteiger partial charge is 0.507 e. The maximum Gasteiger partial charge on any atom is 0.270 e. The Morgan fingerprint density at radius 3 is 2.52 bits per heavy atom. The van der Waals surface area contributed by atoms with E-state index in [4.69, 9.17) is 0 Å². The quantitative estimate of drug-likeness (QED) is 0.426. The number of nitro groups is 1. The van der Waals surface area contributed by atoms with Gasteiger partial charge in [-0.3, -0.25) is 10.1 Å². The SMILES string of the molecule is C=CCc1c(-c2ccccc2)cc2ccc([N+](=O)[O-])cc2c1O. The third kappa shape index (κ3) is 2.66. The molecule has 23 heavy (non-hydrogen) atoms. The molecule has 0 aliphatic carbocycles. The Kier molecular flexibility index (Phi) is 3.81. The van der Waals surface area contributed by atoms with Gasteiger partial charge in [0.15, 0.2) is 0 Å². The third-order valence-electron chi connectivity index (χ3n) is 3.85. The number of benzene rings is 3. The number of hydrogen-bond donors (Lipinski definition) is 1. The van der Waals surface area contributed by atoms with Crippen molar-refractivity contribution in [2.45, 2.75) is 6.42 Å². The predicted molar refractivity (Wildman–Crippen MR) is 91.6 cm³/mol.